The van der Waals surface area contributed by atoms with E-state index in [4.69, 9.17) is 0 Å². The van der Waals surface area contributed by atoms with Gasteiger partial charge in [0.25, 0.3) is 5.91 Å². The summed E-state index contributed by atoms with van der Waals surface area (Å²) in [6, 6.07) is 4.50. The van der Waals surface area contributed by atoms with Crippen LogP contribution in [0.25, 0.3) is 0 Å². The molecule has 7 heteroatoms. The fraction of sp³-hybridized carbons (Fsp3) is 0.667. The number of carbonyl (C=O) groups is 1. The highest BCUT2D eigenvalue weighted by Crippen LogP contribution is 2.30. The number of amides is 1. The Hall–Kier alpha value is -1.44. The van der Waals surface area contributed by atoms with Crippen LogP contribution in [0.2, 0.25) is 0 Å². The van der Waals surface area contributed by atoms with E-state index in [2.05, 4.69) is 29.0 Å². The van der Waals surface area contributed by atoms with Gasteiger partial charge in [0, 0.05) is 23.7 Å². The number of nitrogens with zero attached hydrogens (tertiary/aromatic N) is 1. The van der Waals surface area contributed by atoms with Crippen molar-refractivity contribution in [1.82, 2.24) is 14.9 Å². The SMILES string of the molecule is Cc1ccc(S(=O)(=O)NC(C)C)cc1C(=O)NCC1(N(C)C)CCCCCC1. The second-order valence-corrected chi connectivity index (χ2v) is 10.2. The third kappa shape index (κ3) is 5.55. The summed E-state index contributed by atoms with van der Waals surface area (Å²) in [6.07, 6.45) is 6.94. The maximum absolute atomic E-state index is 12.9. The molecule has 0 saturated heterocycles. The zero-order valence-corrected chi connectivity index (χ0v) is 18.7. The van der Waals surface area contributed by atoms with Crippen molar-refractivity contribution in [3.8, 4) is 0 Å². The number of hydrogen-bond donors (Lipinski definition) is 2. The van der Waals surface area contributed by atoms with Gasteiger partial charge in [-0.25, -0.2) is 13.1 Å². The van der Waals surface area contributed by atoms with Gasteiger partial charge >= 0.3 is 0 Å². The Bertz CT molecular complexity index is 780. The second kappa shape index (κ2) is 9.37. The van der Waals surface area contributed by atoms with E-state index in [0.29, 0.717) is 12.1 Å². The normalized spacial score (nSPS) is 17.5. The van der Waals surface area contributed by atoms with Crippen LogP contribution >= 0.6 is 0 Å². The number of hydrogen-bond acceptors (Lipinski definition) is 4. The first-order valence-electron chi connectivity index (χ1n) is 10.2. The lowest BCUT2D eigenvalue weighted by molar-refractivity contribution is 0.0868. The number of aryl methyl sites for hydroxylation is 1. The van der Waals surface area contributed by atoms with Gasteiger partial charge in [-0.05, 0) is 65.4 Å². The van der Waals surface area contributed by atoms with Crippen LogP contribution in [-0.4, -0.2) is 51.4 Å². The largest absolute Gasteiger partial charge is 0.350 e. The van der Waals surface area contributed by atoms with Crippen LogP contribution in [0.4, 0.5) is 0 Å². The summed E-state index contributed by atoms with van der Waals surface area (Å²) in [5, 5.41) is 3.08. The van der Waals surface area contributed by atoms with E-state index in [1.165, 1.54) is 31.7 Å². The van der Waals surface area contributed by atoms with Crippen LogP contribution in [0.3, 0.4) is 0 Å². The highest BCUT2D eigenvalue weighted by Gasteiger charge is 2.33. The van der Waals surface area contributed by atoms with E-state index in [9.17, 15) is 13.2 Å². The average molecular weight is 410 g/mol. The quantitative estimate of drug-likeness (QED) is 0.679. The van der Waals surface area contributed by atoms with Crippen molar-refractivity contribution in [1.29, 1.82) is 0 Å². The van der Waals surface area contributed by atoms with Crippen LogP contribution < -0.4 is 10.0 Å². The van der Waals surface area contributed by atoms with Gasteiger partial charge in [0.15, 0.2) is 0 Å². The zero-order valence-electron chi connectivity index (χ0n) is 17.8. The molecule has 0 unspecified atom stereocenters. The molecule has 6 nitrogen and oxygen atoms in total. The van der Waals surface area contributed by atoms with Crippen molar-refractivity contribution < 1.29 is 13.2 Å². The van der Waals surface area contributed by atoms with Crippen molar-refractivity contribution in [3.63, 3.8) is 0 Å². The molecular weight excluding hydrogens is 374 g/mol. The van der Waals surface area contributed by atoms with Gasteiger partial charge in [-0.3, -0.25) is 4.79 Å². The van der Waals surface area contributed by atoms with E-state index in [-0.39, 0.29) is 22.4 Å². The molecule has 1 aromatic carbocycles. The molecule has 0 atom stereocenters. The van der Waals surface area contributed by atoms with Crippen molar-refractivity contribution in [2.45, 2.75) is 75.8 Å². The molecule has 0 aliphatic heterocycles. The van der Waals surface area contributed by atoms with Gasteiger partial charge in [-0.2, -0.15) is 0 Å². The Morgan fingerprint density at radius 3 is 2.29 bits per heavy atom. The second-order valence-electron chi connectivity index (χ2n) is 8.47. The monoisotopic (exact) mass is 409 g/mol. The maximum Gasteiger partial charge on any atom is 0.251 e. The molecule has 0 radical (unpaired) electrons. The molecule has 1 amide bonds. The molecule has 1 aliphatic carbocycles. The number of carbonyl (C=O) groups excluding carboxylic acids is 1. The first kappa shape index (κ1) is 22.8. The summed E-state index contributed by atoms with van der Waals surface area (Å²) in [7, 11) is 0.517. The summed E-state index contributed by atoms with van der Waals surface area (Å²) in [5.41, 5.74) is 1.14. The number of sulfonamides is 1. The van der Waals surface area contributed by atoms with E-state index in [0.717, 1.165) is 18.4 Å². The van der Waals surface area contributed by atoms with Gasteiger partial charge in [-0.1, -0.05) is 31.7 Å². The molecule has 1 aromatic rings. The maximum atomic E-state index is 12.9. The molecule has 2 rings (SSSR count). The molecule has 0 spiro atoms. The van der Waals surface area contributed by atoms with Crippen LogP contribution in [0.5, 0.6) is 0 Å². The van der Waals surface area contributed by atoms with Crippen molar-refractivity contribution in [3.05, 3.63) is 29.3 Å². The van der Waals surface area contributed by atoms with Gasteiger partial charge in [0.05, 0.1) is 4.90 Å². The minimum Gasteiger partial charge on any atom is -0.350 e. The predicted octanol–water partition coefficient (Wildman–Crippen LogP) is 3.07. The molecule has 0 heterocycles. The Kier molecular flexibility index (Phi) is 7.65. The minimum atomic E-state index is -3.64. The van der Waals surface area contributed by atoms with E-state index >= 15 is 0 Å². The zero-order chi connectivity index (χ0) is 20.9. The number of likely N-dealkylation sites (N-methyl/N-ethyl adjacent to an activating group) is 1. The molecule has 28 heavy (non-hydrogen) atoms. The van der Waals surface area contributed by atoms with Gasteiger partial charge < -0.3 is 10.2 Å². The van der Waals surface area contributed by atoms with E-state index in [1.54, 1.807) is 26.0 Å². The summed E-state index contributed by atoms with van der Waals surface area (Å²) in [5.74, 6) is -0.218. The molecule has 1 fully saturated rings. The third-order valence-corrected chi connectivity index (χ3v) is 7.37. The first-order valence-corrected chi connectivity index (χ1v) is 11.6. The van der Waals surface area contributed by atoms with Crippen LogP contribution in [0, 0.1) is 6.92 Å². The highest BCUT2D eigenvalue weighted by molar-refractivity contribution is 7.89. The number of rotatable bonds is 7. The summed E-state index contributed by atoms with van der Waals surface area (Å²) < 4.78 is 27.5. The summed E-state index contributed by atoms with van der Waals surface area (Å²) in [4.78, 5) is 15.3. The van der Waals surface area contributed by atoms with Crippen molar-refractivity contribution >= 4 is 15.9 Å². The molecule has 2 N–H and O–H groups in total. The lowest BCUT2D eigenvalue weighted by atomic mass is 9.88. The third-order valence-electron chi connectivity index (χ3n) is 5.72. The minimum absolute atomic E-state index is 0.0387. The Morgan fingerprint density at radius 2 is 1.75 bits per heavy atom. The van der Waals surface area contributed by atoms with Gasteiger partial charge in [0.1, 0.15) is 0 Å². The average Bonchev–Trinajstić information content (AvgIpc) is 2.85. The first-order chi connectivity index (χ1) is 13.1. The highest BCUT2D eigenvalue weighted by atomic mass is 32.2. The number of benzene rings is 1. The molecule has 0 aromatic heterocycles. The molecular formula is C21H35N3O3S. The smallest absolute Gasteiger partial charge is 0.251 e. The molecule has 1 aliphatic rings. The predicted molar refractivity (Wildman–Crippen MR) is 113 cm³/mol. The van der Waals surface area contributed by atoms with Gasteiger partial charge in [-0.15, -0.1) is 0 Å². The van der Waals surface area contributed by atoms with Gasteiger partial charge in [0.2, 0.25) is 10.0 Å². The molecule has 0 bridgehead atoms. The molecule has 1 saturated carbocycles. The fourth-order valence-corrected chi connectivity index (χ4v) is 5.18. The van der Waals surface area contributed by atoms with Crippen LogP contribution in [0.1, 0.15) is 68.3 Å². The Labute approximate surface area is 170 Å². The van der Waals surface area contributed by atoms with E-state index < -0.39 is 10.0 Å². The number of nitrogens with one attached hydrogen (secondary N) is 2. The van der Waals surface area contributed by atoms with Crippen molar-refractivity contribution in [2.24, 2.45) is 0 Å². The molecule has 158 valence electrons. The topological polar surface area (TPSA) is 78.5 Å². The Balaban J connectivity index is 2.20. The Morgan fingerprint density at radius 1 is 1.14 bits per heavy atom. The summed E-state index contributed by atoms with van der Waals surface area (Å²) >= 11 is 0. The van der Waals surface area contributed by atoms with Crippen molar-refractivity contribution in [2.75, 3.05) is 20.6 Å². The lowest BCUT2D eigenvalue weighted by Crippen LogP contribution is -2.52. The summed E-state index contributed by atoms with van der Waals surface area (Å²) in [6.45, 7) is 5.94. The van der Waals surface area contributed by atoms with Crippen LogP contribution in [-0.2, 0) is 10.0 Å². The fourth-order valence-electron chi connectivity index (χ4n) is 3.90. The van der Waals surface area contributed by atoms with Crippen LogP contribution in [0.15, 0.2) is 23.1 Å². The standard InChI is InChI=1S/C21H35N3O3S/c1-16(2)23-28(26,27)18-11-10-17(3)19(14-18)20(25)22-15-21(24(4)5)12-8-6-7-9-13-21/h10-11,14,16,23H,6-9,12-13,15H2,1-5H3,(H,22,25). The lowest BCUT2D eigenvalue weighted by Gasteiger charge is -2.39. The van der Waals surface area contributed by atoms with E-state index in [1.807, 2.05) is 6.92 Å².